The molecule has 5 nitrogen and oxygen atoms in total. The van der Waals surface area contributed by atoms with Gasteiger partial charge in [0.05, 0.1) is 24.3 Å². The summed E-state index contributed by atoms with van der Waals surface area (Å²) in [6.45, 7) is 1.36. The second kappa shape index (κ2) is 5.84. The van der Waals surface area contributed by atoms with Crippen molar-refractivity contribution in [3.63, 3.8) is 0 Å². The van der Waals surface area contributed by atoms with Crippen LogP contribution in [0.5, 0.6) is 0 Å². The van der Waals surface area contributed by atoms with Crippen LogP contribution in [0.3, 0.4) is 0 Å². The normalized spacial score (nSPS) is 30.1. The van der Waals surface area contributed by atoms with Crippen LogP contribution in [-0.2, 0) is 9.47 Å². The fourth-order valence-corrected chi connectivity index (χ4v) is 3.37. The number of carbonyl (C=O) groups excluding carboxylic acids is 1. The molecule has 0 spiro atoms. The molecule has 1 saturated carbocycles. The highest BCUT2D eigenvalue weighted by atomic mass is 16.5. The van der Waals surface area contributed by atoms with E-state index in [2.05, 4.69) is 5.32 Å². The third-order valence-corrected chi connectivity index (χ3v) is 4.46. The number of methoxy groups -OCH3 is 1. The van der Waals surface area contributed by atoms with Crippen molar-refractivity contribution in [3.05, 3.63) is 35.4 Å². The highest BCUT2D eigenvalue weighted by molar-refractivity contribution is 5.94. The van der Waals surface area contributed by atoms with Gasteiger partial charge in [-0.2, -0.15) is 5.26 Å². The van der Waals surface area contributed by atoms with Crippen LogP contribution in [0.25, 0.3) is 0 Å². The zero-order chi connectivity index (χ0) is 14.8. The van der Waals surface area contributed by atoms with Gasteiger partial charge in [-0.05, 0) is 30.7 Å². The monoisotopic (exact) mass is 286 g/mol. The standard InChI is InChI=1S/C16H18N2O3/c1-20-9-13-14(12-6-7-21-15(12)13)18-16(19)11-4-2-10(8-17)3-5-11/h2-5,12-15H,6-7,9H2,1H3,(H,18,19)/t12-,13+,14+,15-/m0/s1. The lowest BCUT2D eigenvalue weighted by Crippen LogP contribution is -2.62. The van der Waals surface area contributed by atoms with Gasteiger partial charge in [-0.1, -0.05) is 0 Å². The number of carbonyl (C=O) groups is 1. The van der Waals surface area contributed by atoms with E-state index in [-0.39, 0.29) is 24.0 Å². The highest BCUT2D eigenvalue weighted by Gasteiger charge is 2.54. The number of nitrogens with one attached hydrogen (secondary N) is 1. The Labute approximate surface area is 123 Å². The second-order valence-corrected chi connectivity index (χ2v) is 5.60. The molecule has 0 aromatic heterocycles. The van der Waals surface area contributed by atoms with Crippen LogP contribution in [0.2, 0.25) is 0 Å². The van der Waals surface area contributed by atoms with E-state index in [1.165, 1.54) is 0 Å². The summed E-state index contributed by atoms with van der Waals surface area (Å²) < 4.78 is 10.9. The summed E-state index contributed by atoms with van der Waals surface area (Å²) in [4.78, 5) is 12.3. The second-order valence-electron chi connectivity index (χ2n) is 5.60. The summed E-state index contributed by atoms with van der Waals surface area (Å²) in [5.74, 6) is 0.522. The Balaban J connectivity index is 1.67. The summed E-state index contributed by atoms with van der Waals surface area (Å²) >= 11 is 0. The Morgan fingerprint density at radius 3 is 2.90 bits per heavy atom. The predicted molar refractivity (Wildman–Crippen MR) is 75.6 cm³/mol. The number of nitrogens with zero attached hydrogens (tertiary/aromatic N) is 1. The number of hydrogen-bond donors (Lipinski definition) is 1. The third-order valence-electron chi connectivity index (χ3n) is 4.46. The van der Waals surface area contributed by atoms with Gasteiger partial charge >= 0.3 is 0 Å². The molecule has 2 fully saturated rings. The minimum atomic E-state index is -0.101. The number of hydrogen-bond acceptors (Lipinski definition) is 4. The average molecular weight is 286 g/mol. The first-order valence-corrected chi connectivity index (χ1v) is 7.16. The Kier molecular flexibility index (Phi) is 3.91. The Hall–Kier alpha value is -1.90. The Morgan fingerprint density at radius 1 is 1.48 bits per heavy atom. The molecule has 4 atom stereocenters. The van der Waals surface area contributed by atoms with E-state index in [0.29, 0.717) is 23.7 Å². The predicted octanol–water partition coefficient (Wildman–Crippen LogP) is 1.34. The number of nitriles is 1. The van der Waals surface area contributed by atoms with Crippen molar-refractivity contribution in [2.45, 2.75) is 18.6 Å². The molecule has 1 aliphatic heterocycles. The molecule has 1 aromatic carbocycles. The molecule has 3 rings (SSSR count). The number of ether oxygens (including phenoxy) is 2. The summed E-state index contributed by atoms with van der Waals surface area (Å²) in [7, 11) is 1.67. The van der Waals surface area contributed by atoms with Crippen LogP contribution in [0.4, 0.5) is 0 Å². The molecule has 2 aliphatic rings. The van der Waals surface area contributed by atoms with Crippen molar-refractivity contribution in [2.75, 3.05) is 20.3 Å². The van der Waals surface area contributed by atoms with E-state index in [1.807, 2.05) is 6.07 Å². The van der Waals surface area contributed by atoms with Crippen molar-refractivity contribution in [1.82, 2.24) is 5.32 Å². The SMILES string of the molecule is COC[C@@H]1[C@H](NC(=O)c2ccc(C#N)cc2)[C@@H]2CCO[C@H]12. The van der Waals surface area contributed by atoms with Gasteiger partial charge in [-0.25, -0.2) is 0 Å². The number of benzene rings is 1. The first-order chi connectivity index (χ1) is 10.2. The van der Waals surface area contributed by atoms with Crippen molar-refractivity contribution in [1.29, 1.82) is 5.26 Å². The lowest BCUT2D eigenvalue weighted by molar-refractivity contribution is -0.0809. The molecule has 1 N–H and O–H groups in total. The van der Waals surface area contributed by atoms with Gasteiger partial charge in [-0.3, -0.25) is 4.79 Å². The summed E-state index contributed by atoms with van der Waals surface area (Å²) in [6, 6.07) is 8.83. The van der Waals surface area contributed by atoms with E-state index >= 15 is 0 Å². The highest BCUT2D eigenvalue weighted by Crippen LogP contribution is 2.43. The summed E-state index contributed by atoms with van der Waals surface area (Å²) in [5.41, 5.74) is 1.13. The van der Waals surface area contributed by atoms with Gasteiger partial charge in [0.2, 0.25) is 0 Å². The fraction of sp³-hybridized carbons (Fsp3) is 0.500. The largest absolute Gasteiger partial charge is 0.384 e. The number of fused-ring (bicyclic) bond motifs is 1. The molecular weight excluding hydrogens is 268 g/mol. The van der Waals surface area contributed by atoms with Crippen molar-refractivity contribution in [2.24, 2.45) is 11.8 Å². The van der Waals surface area contributed by atoms with Gasteiger partial charge < -0.3 is 14.8 Å². The van der Waals surface area contributed by atoms with Gasteiger partial charge in [0.1, 0.15) is 0 Å². The molecule has 0 radical (unpaired) electrons. The molecule has 0 bridgehead atoms. The van der Waals surface area contributed by atoms with Crippen LogP contribution < -0.4 is 5.32 Å². The molecule has 0 unspecified atom stereocenters. The lowest BCUT2D eigenvalue weighted by Gasteiger charge is -2.47. The summed E-state index contributed by atoms with van der Waals surface area (Å²) in [5, 5.41) is 11.9. The van der Waals surface area contributed by atoms with E-state index < -0.39 is 0 Å². The molecule has 1 aliphatic carbocycles. The topological polar surface area (TPSA) is 71.3 Å². The van der Waals surface area contributed by atoms with Crippen LogP contribution >= 0.6 is 0 Å². The van der Waals surface area contributed by atoms with Crippen molar-refractivity contribution >= 4 is 5.91 Å². The molecule has 110 valence electrons. The fourth-order valence-electron chi connectivity index (χ4n) is 3.37. The molecule has 1 heterocycles. The van der Waals surface area contributed by atoms with Crippen LogP contribution in [0.1, 0.15) is 22.3 Å². The smallest absolute Gasteiger partial charge is 0.251 e. The quantitative estimate of drug-likeness (QED) is 0.906. The maximum absolute atomic E-state index is 12.3. The van der Waals surface area contributed by atoms with Crippen molar-refractivity contribution in [3.8, 4) is 6.07 Å². The zero-order valence-corrected chi connectivity index (χ0v) is 11.9. The first kappa shape index (κ1) is 14.1. The van der Waals surface area contributed by atoms with E-state index in [1.54, 1.807) is 31.4 Å². The molecule has 1 saturated heterocycles. The van der Waals surface area contributed by atoms with Crippen LogP contribution in [0.15, 0.2) is 24.3 Å². The first-order valence-electron chi connectivity index (χ1n) is 7.16. The average Bonchev–Trinajstić information content (AvgIpc) is 2.94. The Bertz CT molecular complexity index is 564. The minimum absolute atomic E-state index is 0.101. The molecular formula is C16H18N2O3. The number of rotatable bonds is 4. The van der Waals surface area contributed by atoms with E-state index in [9.17, 15) is 4.79 Å². The maximum atomic E-state index is 12.3. The number of amides is 1. The Morgan fingerprint density at radius 2 is 2.24 bits per heavy atom. The third kappa shape index (κ3) is 2.53. The van der Waals surface area contributed by atoms with Gasteiger partial charge in [0.15, 0.2) is 0 Å². The van der Waals surface area contributed by atoms with Crippen LogP contribution in [-0.4, -0.2) is 38.4 Å². The molecule has 1 amide bonds. The van der Waals surface area contributed by atoms with Gasteiger partial charge in [0, 0.05) is 37.2 Å². The molecule has 5 heteroatoms. The van der Waals surface area contributed by atoms with Crippen LogP contribution in [0, 0.1) is 23.2 Å². The lowest BCUT2D eigenvalue weighted by atomic mass is 9.67. The summed E-state index contributed by atoms with van der Waals surface area (Å²) in [6.07, 6.45) is 1.21. The van der Waals surface area contributed by atoms with Crippen molar-refractivity contribution < 1.29 is 14.3 Å². The van der Waals surface area contributed by atoms with Gasteiger partial charge in [0.25, 0.3) is 5.91 Å². The molecule has 21 heavy (non-hydrogen) atoms. The van der Waals surface area contributed by atoms with Gasteiger partial charge in [-0.15, -0.1) is 0 Å². The molecule has 1 aromatic rings. The maximum Gasteiger partial charge on any atom is 0.251 e. The van der Waals surface area contributed by atoms with E-state index in [4.69, 9.17) is 14.7 Å². The zero-order valence-electron chi connectivity index (χ0n) is 11.9. The van der Waals surface area contributed by atoms with E-state index in [0.717, 1.165) is 13.0 Å². The minimum Gasteiger partial charge on any atom is -0.384 e.